The molecule has 152 valence electrons. The van der Waals surface area contributed by atoms with E-state index < -0.39 is 0 Å². The lowest BCUT2D eigenvalue weighted by molar-refractivity contribution is -0.0284. The highest BCUT2D eigenvalue weighted by Crippen LogP contribution is 2.07. The van der Waals surface area contributed by atoms with Gasteiger partial charge in [0.25, 0.3) is 0 Å². The van der Waals surface area contributed by atoms with Crippen molar-refractivity contribution in [2.45, 2.75) is 26.4 Å². The van der Waals surface area contributed by atoms with Crippen LogP contribution in [0.5, 0.6) is 0 Å². The van der Waals surface area contributed by atoms with E-state index >= 15 is 0 Å². The Bertz CT molecular complexity index is 417. The molecule has 0 aromatic heterocycles. The van der Waals surface area contributed by atoms with Gasteiger partial charge >= 0.3 is 0 Å². The molecule has 7 heteroatoms. The van der Waals surface area contributed by atoms with Gasteiger partial charge in [0, 0.05) is 59.4 Å². The minimum absolute atomic E-state index is 0.238. The number of ether oxygens (including phenoxy) is 1. The van der Waals surface area contributed by atoms with Gasteiger partial charge in [-0.1, -0.05) is 13.8 Å². The summed E-state index contributed by atoms with van der Waals surface area (Å²) in [6, 6.07) is 0. The first-order valence-electron chi connectivity index (χ1n) is 10.3. The topological polar surface area (TPSA) is 55.4 Å². The monoisotopic (exact) mass is 368 g/mol. The molecule has 0 aliphatic carbocycles. The Balaban J connectivity index is 1.63. The highest BCUT2D eigenvalue weighted by molar-refractivity contribution is 5.79. The van der Waals surface area contributed by atoms with Crippen LogP contribution in [0.25, 0.3) is 0 Å². The molecular formula is C19H40N6O. The lowest BCUT2D eigenvalue weighted by atomic mass is 10.2. The maximum Gasteiger partial charge on any atom is 0.191 e. The van der Waals surface area contributed by atoms with Crippen LogP contribution in [0.15, 0.2) is 4.99 Å². The van der Waals surface area contributed by atoms with E-state index in [1.165, 1.54) is 26.1 Å². The summed E-state index contributed by atoms with van der Waals surface area (Å²) >= 11 is 0. The highest BCUT2D eigenvalue weighted by atomic mass is 16.5. The molecule has 2 fully saturated rings. The number of hydrogen-bond donors (Lipinski definition) is 2. The summed E-state index contributed by atoms with van der Waals surface area (Å²) < 4.78 is 5.91. The predicted molar refractivity (Wildman–Crippen MR) is 109 cm³/mol. The lowest BCUT2D eigenvalue weighted by Gasteiger charge is -2.34. The molecule has 2 N–H and O–H groups in total. The lowest BCUT2D eigenvalue weighted by Crippen LogP contribution is -2.50. The van der Waals surface area contributed by atoms with Crippen molar-refractivity contribution in [1.29, 1.82) is 0 Å². The van der Waals surface area contributed by atoms with Crippen molar-refractivity contribution in [3.8, 4) is 0 Å². The average Bonchev–Trinajstić information content (AvgIpc) is 2.82. The summed E-state index contributed by atoms with van der Waals surface area (Å²) in [7, 11) is 4.05. The first-order valence-corrected chi connectivity index (χ1v) is 10.3. The summed E-state index contributed by atoms with van der Waals surface area (Å²) in [5.74, 6) is 1.58. The quantitative estimate of drug-likeness (QED) is 0.493. The molecule has 7 nitrogen and oxygen atoms in total. The molecule has 1 unspecified atom stereocenters. The van der Waals surface area contributed by atoms with Gasteiger partial charge in [-0.05, 0) is 32.5 Å². The number of rotatable bonds is 7. The largest absolute Gasteiger partial charge is 0.374 e. The van der Waals surface area contributed by atoms with Gasteiger partial charge in [-0.2, -0.15) is 0 Å². The molecule has 1 atom stereocenters. The van der Waals surface area contributed by atoms with Crippen molar-refractivity contribution < 1.29 is 4.74 Å². The van der Waals surface area contributed by atoms with Crippen molar-refractivity contribution in [2.75, 3.05) is 86.1 Å². The van der Waals surface area contributed by atoms with Crippen molar-refractivity contribution in [3.05, 3.63) is 0 Å². The van der Waals surface area contributed by atoms with Crippen LogP contribution in [0.3, 0.4) is 0 Å². The Kier molecular flexibility index (Phi) is 9.67. The van der Waals surface area contributed by atoms with Crippen LogP contribution in [0, 0.1) is 5.92 Å². The molecule has 0 spiro atoms. The molecule has 0 bridgehead atoms. The van der Waals surface area contributed by atoms with Gasteiger partial charge in [0.1, 0.15) is 0 Å². The minimum atomic E-state index is 0.238. The van der Waals surface area contributed by atoms with Gasteiger partial charge < -0.3 is 25.2 Å². The van der Waals surface area contributed by atoms with E-state index in [0.717, 1.165) is 58.4 Å². The Morgan fingerprint density at radius 3 is 2.73 bits per heavy atom. The van der Waals surface area contributed by atoms with Crippen molar-refractivity contribution >= 4 is 5.96 Å². The zero-order chi connectivity index (χ0) is 18.8. The molecule has 2 heterocycles. The molecule has 26 heavy (non-hydrogen) atoms. The maximum absolute atomic E-state index is 5.91. The van der Waals surface area contributed by atoms with Crippen LogP contribution in [-0.2, 0) is 4.74 Å². The van der Waals surface area contributed by atoms with E-state index in [1.54, 1.807) is 0 Å². The van der Waals surface area contributed by atoms with Gasteiger partial charge in [-0.3, -0.25) is 9.89 Å². The van der Waals surface area contributed by atoms with E-state index in [9.17, 15) is 0 Å². The highest BCUT2D eigenvalue weighted by Gasteiger charge is 2.21. The molecule has 2 aliphatic heterocycles. The van der Waals surface area contributed by atoms with Gasteiger partial charge in [0.15, 0.2) is 5.96 Å². The molecule has 0 amide bonds. The second-order valence-corrected chi connectivity index (χ2v) is 8.02. The molecule has 0 aromatic rings. The van der Waals surface area contributed by atoms with Crippen molar-refractivity contribution in [1.82, 2.24) is 25.3 Å². The summed E-state index contributed by atoms with van der Waals surface area (Å²) in [5, 5.41) is 6.88. The summed E-state index contributed by atoms with van der Waals surface area (Å²) in [4.78, 5) is 11.8. The summed E-state index contributed by atoms with van der Waals surface area (Å²) in [5.41, 5.74) is 0. The number of morpholine rings is 1. The van der Waals surface area contributed by atoms with Gasteiger partial charge in [0.2, 0.25) is 0 Å². The normalized spacial score (nSPS) is 24.7. The number of likely N-dealkylation sites (N-methyl/N-ethyl adjacent to an activating group) is 1. The standard InChI is InChI=1S/C19H40N6O/c1-17(2)15-25-12-13-26-18(16-25)14-22-19(20-3)21-6-9-24-8-5-7-23(4)10-11-24/h17-18H,5-16H2,1-4H3,(H2,20,21,22). The van der Waals surface area contributed by atoms with E-state index in [4.69, 9.17) is 4.74 Å². The van der Waals surface area contributed by atoms with Crippen molar-refractivity contribution in [3.63, 3.8) is 0 Å². The fourth-order valence-electron chi connectivity index (χ4n) is 3.67. The smallest absolute Gasteiger partial charge is 0.191 e. The maximum atomic E-state index is 5.91. The molecule has 2 rings (SSSR count). The second-order valence-electron chi connectivity index (χ2n) is 8.02. The Morgan fingerprint density at radius 1 is 1.12 bits per heavy atom. The molecule has 2 aliphatic rings. The van der Waals surface area contributed by atoms with Crippen LogP contribution >= 0.6 is 0 Å². The van der Waals surface area contributed by atoms with Gasteiger partial charge in [-0.15, -0.1) is 0 Å². The van der Waals surface area contributed by atoms with Crippen LogP contribution in [0.2, 0.25) is 0 Å². The van der Waals surface area contributed by atoms with E-state index in [2.05, 4.69) is 51.2 Å². The second kappa shape index (κ2) is 11.7. The number of nitrogens with one attached hydrogen (secondary N) is 2. The fraction of sp³-hybridized carbons (Fsp3) is 0.947. The minimum Gasteiger partial charge on any atom is -0.374 e. The van der Waals surface area contributed by atoms with Crippen LogP contribution in [-0.4, -0.2) is 113 Å². The number of hydrogen-bond acceptors (Lipinski definition) is 5. The molecule has 0 saturated carbocycles. The zero-order valence-electron chi connectivity index (χ0n) is 17.3. The first-order chi connectivity index (χ1) is 12.6. The third-order valence-electron chi connectivity index (χ3n) is 5.10. The third kappa shape index (κ3) is 8.20. The molecular weight excluding hydrogens is 328 g/mol. The van der Waals surface area contributed by atoms with Gasteiger partial charge in [-0.25, -0.2) is 0 Å². The fourth-order valence-corrected chi connectivity index (χ4v) is 3.67. The predicted octanol–water partition coefficient (Wildman–Crippen LogP) is 0.146. The summed E-state index contributed by atoms with van der Waals surface area (Å²) in [6.07, 6.45) is 1.50. The summed E-state index contributed by atoms with van der Waals surface area (Å²) in [6.45, 7) is 16.1. The Labute approximate surface area is 160 Å². The number of guanidine groups is 1. The Hall–Kier alpha value is -0.890. The Morgan fingerprint density at radius 2 is 1.96 bits per heavy atom. The number of aliphatic imine (C=N–C) groups is 1. The van der Waals surface area contributed by atoms with Crippen LogP contribution in [0.4, 0.5) is 0 Å². The number of nitrogens with zero attached hydrogens (tertiary/aromatic N) is 4. The molecule has 2 saturated heterocycles. The van der Waals surface area contributed by atoms with Crippen molar-refractivity contribution in [2.24, 2.45) is 10.9 Å². The van der Waals surface area contributed by atoms with Crippen LogP contribution in [0.1, 0.15) is 20.3 Å². The molecule has 0 aromatic carbocycles. The van der Waals surface area contributed by atoms with Crippen LogP contribution < -0.4 is 10.6 Å². The zero-order valence-corrected chi connectivity index (χ0v) is 17.3. The van der Waals surface area contributed by atoms with E-state index in [-0.39, 0.29) is 6.10 Å². The van der Waals surface area contributed by atoms with E-state index in [0.29, 0.717) is 5.92 Å². The van der Waals surface area contributed by atoms with Gasteiger partial charge in [0.05, 0.1) is 12.7 Å². The SMILES string of the molecule is CN=C(NCCN1CCCN(C)CC1)NCC1CN(CC(C)C)CCO1. The average molecular weight is 369 g/mol. The molecule has 0 radical (unpaired) electrons. The van der Waals surface area contributed by atoms with E-state index in [1.807, 2.05) is 7.05 Å². The third-order valence-corrected chi connectivity index (χ3v) is 5.10. The first kappa shape index (κ1) is 21.4.